The summed E-state index contributed by atoms with van der Waals surface area (Å²) >= 11 is 0. The molecule has 31 heteroatoms. The van der Waals surface area contributed by atoms with Crippen molar-refractivity contribution >= 4 is 0 Å². The van der Waals surface area contributed by atoms with E-state index in [0.29, 0.717) is 95.9 Å². The van der Waals surface area contributed by atoms with E-state index in [-0.39, 0.29) is 70.3 Å². The molecule has 1 saturated heterocycles. The molecule has 0 amide bonds. The van der Waals surface area contributed by atoms with Gasteiger partial charge in [0.15, 0.2) is 52.4 Å². The minimum atomic E-state index is -4.74. The average molecular weight is 1750 g/mol. The topological polar surface area (TPSA) is 46.2 Å². The van der Waals surface area contributed by atoms with E-state index in [1.165, 1.54) is 44.7 Å². The first-order valence-corrected chi connectivity index (χ1v) is 38.2. The third kappa shape index (κ3) is 22.4. The Bertz CT molecular complexity index is 5420. The molecule has 3 fully saturated rings. The summed E-state index contributed by atoms with van der Waals surface area (Å²) < 4.78 is 386. The maximum atomic E-state index is 14.8. The molecule has 1 heterocycles. The van der Waals surface area contributed by atoms with Gasteiger partial charge in [0.05, 0.1) is 12.0 Å². The van der Waals surface area contributed by atoms with E-state index in [1.807, 2.05) is 19.1 Å². The minimum absolute atomic E-state index is 0.00171. The van der Waals surface area contributed by atoms with Gasteiger partial charge in [-0.2, -0.15) is 35.1 Å². The van der Waals surface area contributed by atoms with Crippen molar-refractivity contribution in [1.29, 1.82) is 0 Å². The van der Waals surface area contributed by atoms with Crippen molar-refractivity contribution < 1.29 is 138 Å². The summed E-state index contributed by atoms with van der Waals surface area (Å²) in [6, 6.07) is 30.4. The predicted molar refractivity (Wildman–Crippen MR) is 403 cm³/mol. The van der Waals surface area contributed by atoms with Crippen molar-refractivity contribution in [3.05, 3.63) is 320 Å². The Labute approximate surface area is 687 Å². The molecule has 0 radical (unpaired) electrons. The van der Waals surface area contributed by atoms with Crippen LogP contribution in [0.4, 0.5) is 114 Å². The van der Waals surface area contributed by atoms with E-state index in [0.717, 1.165) is 66.5 Å². The van der Waals surface area contributed by atoms with Crippen molar-refractivity contribution in [2.24, 2.45) is 29.6 Å². The summed E-state index contributed by atoms with van der Waals surface area (Å²) in [4.78, 5) is 0. The lowest BCUT2D eigenvalue weighted by Gasteiger charge is -2.38. The van der Waals surface area contributed by atoms with E-state index in [4.69, 9.17) is 9.47 Å². The standard InChI is InChI=1S/C26H14F8O.C25H19F7O2.C21H28F4O.C20H11F7O/c1-13-2-4-14(5-3-13)15-6-7-18(19(27)8-15)16-9-20(28)24(21(29)10-16)26(33,34)35-17-11-22(30)25(32)23(31)12-17;1-13-2-7-22(33-12-13)15-5-3-14(4-6-15)16-8-18(26)23(19(27)9-16)25(31,32)34-17-10-20(28)24(30)21(29)11-17;1-13-3-5-15(6-4-13)16-7-9-17(10-8-16)21(24,25)26-18-11-19(22)14(2)20(23)12-18;1-10-2-4-11(5-3-10)12-6-14(21)18(15(22)7-12)20(26,27)28-13-8-16(23)19(25)17(24)9-13/h2-12H,1H3;3-6,8-11,13,22H,2,7,12H2,1H3;11-13,15-17H,3-10H2,1-2H3;2-9H,1H3. The van der Waals surface area contributed by atoms with E-state index >= 15 is 0 Å². The normalized spacial score (nSPS) is 17.5. The number of hydrogen-bond donors (Lipinski definition) is 0. The molecular weight excluding hydrogens is 1680 g/mol. The molecule has 123 heavy (non-hydrogen) atoms. The number of rotatable bonds is 18. The number of ether oxygens (including phenoxy) is 5. The zero-order valence-electron chi connectivity index (χ0n) is 65.4. The second-order valence-corrected chi connectivity index (χ2v) is 30.3. The summed E-state index contributed by atoms with van der Waals surface area (Å²) in [5.74, 6) is -31.6. The van der Waals surface area contributed by atoms with Crippen LogP contribution in [-0.2, 0) is 23.1 Å². The Morgan fingerprint density at radius 1 is 0.276 bits per heavy atom. The van der Waals surface area contributed by atoms with Crippen LogP contribution in [-0.4, -0.2) is 12.7 Å². The summed E-state index contributed by atoms with van der Waals surface area (Å²) in [6.45, 7) is 9.95. The number of hydrogen-bond acceptors (Lipinski definition) is 5. The van der Waals surface area contributed by atoms with Crippen LogP contribution in [0.2, 0.25) is 0 Å². The lowest BCUT2D eigenvalue weighted by molar-refractivity contribution is -0.224. The highest BCUT2D eigenvalue weighted by molar-refractivity contribution is 5.72. The van der Waals surface area contributed by atoms with Gasteiger partial charge >= 0.3 is 24.4 Å². The molecule has 0 bridgehead atoms. The number of halogens is 26. The molecule has 2 unspecified atom stereocenters. The average Bonchev–Trinajstić information content (AvgIpc) is 0.777. The molecule has 11 aromatic carbocycles. The first-order chi connectivity index (χ1) is 57.8. The van der Waals surface area contributed by atoms with Gasteiger partial charge in [0.1, 0.15) is 92.0 Å². The number of benzene rings is 11. The molecule has 0 spiro atoms. The van der Waals surface area contributed by atoms with Gasteiger partial charge in [-0.1, -0.05) is 123 Å². The Morgan fingerprint density at radius 3 is 0.911 bits per heavy atom. The van der Waals surface area contributed by atoms with Gasteiger partial charge in [-0.05, 0) is 183 Å². The Morgan fingerprint density at radius 2 is 0.569 bits per heavy atom. The van der Waals surface area contributed by atoms with Crippen LogP contribution >= 0.6 is 0 Å². The molecule has 2 atom stereocenters. The highest BCUT2D eigenvalue weighted by atomic mass is 19.3. The molecule has 14 rings (SSSR count). The third-order valence-electron chi connectivity index (χ3n) is 21.3. The maximum absolute atomic E-state index is 14.8. The number of aryl methyl sites for hydroxylation is 2. The molecule has 0 aromatic heterocycles. The third-order valence-corrected chi connectivity index (χ3v) is 21.3. The Balaban J connectivity index is 0.000000161. The maximum Gasteiger partial charge on any atom is 0.432 e. The molecule has 1 aliphatic heterocycles. The van der Waals surface area contributed by atoms with Crippen LogP contribution < -0.4 is 18.9 Å². The van der Waals surface area contributed by atoms with Crippen LogP contribution in [0.25, 0.3) is 44.5 Å². The van der Waals surface area contributed by atoms with Crippen molar-refractivity contribution in [3.63, 3.8) is 0 Å². The summed E-state index contributed by atoms with van der Waals surface area (Å²) in [5, 5.41) is 0. The van der Waals surface area contributed by atoms with Crippen molar-refractivity contribution in [2.45, 2.75) is 129 Å². The van der Waals surface area contributed by atoms with Crippen LogP contribution in [0, 0.1) is 155 Å². The molecule has 0 N–H and O–H groups in total. The van der Waals surface area contributed by atoms with Gasteiger partial charge in [0.25, 0.3) is 0 Å². The van der Waals surface area contributed by atoms with E-state index in [9.17, 15) is 114 Å². The fourth-order valence-electron chi connectivity index (χ4n) is 14.5. The molecular formula is C92H72F26O5. The van der Waals surface area contributed by atoms with Gasteiger partial charge in [-0.3, -0.25) is 0 Å². The summed E-state index contributed by atoms with van der Waals surface area (Å²) in [5.41, 5.74) is -1.44. The van der Waals surface area contributed by atoms with Crippen LogP contribution in [0.5, 0.6) is 23.0 Å². The van der Waals surface area contributed by atoms with Crippen molar-refractivity contribution in [2.75, 3.05) is 6.61 Å². The first-order valence-electron chi connectivity index (χ1n) is 38.2. The van der Waals surface area contributed by atoms with Gasteiger partial charge in [0, 0.05) is 66.3 Å². The molecule has 11 aromatic rings. The first kappa shape index (κ1) is 92.5. The zero-order valence-corrected chi connectivity index (χ0v) is 65.4. The summed E-state index contributed by atoms with van der Waals surface area (Å²) in [6.07, 6.45) is -8.32. The molecule has 5 nitrogen and oxygen atoms in total. The van der Waals surface area contributed by atoms with Crippen LogP contribution in [0.15, 0.2) is 176 Å². The minimum Gasteiger partial charge on any atom is -0.432 e. The monoisotopic (exact) mass is 1750 g/mol. The van der Waals surface area contributed by atoms with Crippen molar-refractivity contribution in [3.8, 4) is 67.5 Å². The lowest BCUT2D eigenvalue weighted by atomic mass is 9.69. The fourth-order valence-corrected chi connectivity index (χ4v) is 14.5. The van der Waals surface area contributed by atoms with Crippen LogP contribution in [0.1, 0.15) is 123 Å². The number of alkyl halides is 8. The predicted octanol–water partition coefficient (Wildman–Crippen LogP) is 29.3. The van der Waals surface area contributed by atoms with Gasteiger partial charge < -0.3 is 23.7 Å². The van der Waals surface area contributed by atoms with Crippen molar-refractivity contribution in [1.82, 2.24) is 0 Å². The lowest BCUT2D eigenvalue weighted by Crippen LogP contribution is -2.38. The zero-order chi connectivity index (χ0) is 89.6. The highest BCUT2D eigenvalue weighted by Crippen LogP contribution is 2.48. The van der Waals surface area contributed by atoms with Crippen LogP contribution in [0.3, 0.4) is 0 Å². The fraction of sp³-hybridized carbons (Fsp3) is 0.283. The van der Waals surface area contributed by atoms with Gasteiger partial charge in [-0.25, -0.2) is 79.0 Å². The second-order valence-electron chi connectivity index (χ2n) is 30.3. The van der Waals surface area contributed by atoms with E-state index in [1.54, 1.807) is 67.6 Å². The second kappa shape index (κ2) is 38.3. The largest absolute Gasteiger partial charge is 0.432 e. The summed E-state index contributed by atoms with van der Waals surface area (Å²) in [7, 11) is 0. The highest BCUT2D eigenvalue weighted by Gasteiger charge is 2.47. The smallest absolute Gasteiger partial charge is 0.432 e. The van der Waals surface area contributed by atoms with E-state index < -0.39 is 175 Å². The Kier molecular flexibility index (Phi) is 28.8. The quantitative estimate of drug-likeness (QED) is 0.0633. The van der Waals surface area contributed by atoms with Gasteiger partial charge in [-0.15, -0.1) is 0 Å². The van der Waals surface area contributed by atoms with Gasteiger partial charge in [0.2, 0.25) is 0 Å². The molecule has 2 aliphatic carbocycles. The molecule has 2 saturated carbocycles. The SMILES string of the molecule is CC1CCC(c2ccc(-c3cc(F)c(C(F)(F)Oc4cc(F)c(F)c(F)c4)c(F)c3)cc2)OC1.Cc1c(F)cc(OC(F)(F)C2CCC(C3CCC(C)CC3)CC2)cc1F.Cc1ccc(-c2cc(F)c(C(F)(F)Oc3cc(F)c(F)c(F)c3)c(F)c2)cc1.Cc1ccc(-c2ccc(-c3cc(F)c(C(F)(F)Oc4cc(F)c(F)c(F)c4)c(F)c3)c(F)c2)cc1. The molecule has 652 valence electrons. The Hall–Kier alpha value is -11.2. The van der Waals surface area contributed by atoms with E-state index in [2.05, 4.69) is 28.1 Å². The molecule has 3 aliphatic rings.